The average Bonchev–Trinajstić information content (AvgIpc) is 3.02. The van der Waals surface area contributed by atoms with Crippen LogP contribution in [0.1, 0.15) is 5.89 Å². The average molecular weight is 466 g/mol. The molecule has 2 aromatic rings. The van der Waals surface area contributed by atoms with Gasteiger partial charge in [0.1, 0.15) is 0 Å². The largest absolute Gasteiger partial charge is 0.383 e. The van der Waals surface area contributed by atoms with Crippen molar-refractivity contribution in [3.63, 3.8) is 0 Å². The monoisotopic (exact) mass is 465 g/mol. The van der Waals surface area contributed by atoms with Crippen molar-refractivity contribution in [3.8, 4) is 11.4 Å². The van der Waals surface area contributed by atoms with E-state index in [1.165, 1.54) is 0 Å². The second-order valence-electron chi connectivity index (χ2n) is 4.69. The molecule has 0 bridgehead atoms. The van der Waals surface area contributed by atoms with Crippen LogP contribution in [0.3, 0.4) is 0 Å². The van der Waals surface area contributed by atoms with Gasteiger partial charge in [-0.25, -0.2) is 0 Å². The van der Waals surface area contributed by atoms with Gasteiger partial charge in [0.15, 0.2) is 5.96 Å². The Balaban J connectivity index is 0.00000288. The van der Waals surface area contributed by atoms with E-state index >= 15 is 0 Å². The number of rotatable bonds is 7. The molecule has 132 valence electrons. The van der Waals surface area contributed by atoms with E-state index in [9.17, 15) is 0 Å². The van der Waals surface area contributed by atoms with Crippen LogP contribution in [-0.4, -0.2) is 50.0 Å². The van der Waals surface area contributed by atoms with Gasteiger partial charge in [0.2, 0.25) is 11.7 Å². The number of halogens is 2. The summed E-state index contributed by atoms with van der Waals surface area (Å²) in [6.07, 6.45) is 0.596. The summed E-state index contributed by atoms with van der Waals surface area (Å²) in [6, 6.07) is 7.35. The predicted molar refractivity (Wildman–Crippen MR) is 105 cm³/mol. The summed E-state index contributed by atoms with van der Waals surface area (Å²) in [5.74, 6) is 1.79. The van der Waals surface area contributed by atoms with Gasteiger partial charge in [-0.1, -0.05) is 28.9 Å². The van der Waals surface area contributed by atoms with E-state index in [1.54, 1.807) is 26.3 Å². The Kier molecular flexibility index (Phi) is 9.65. The zero-order valence-corrected chi connectivity index (χ0v) is 16.7. The summed E-state index contributed by atoms with van der Waals surface area (Å²) in [7, 11) is 3.37. The summed E-state index contributed by atoms with van der Waals surface area (Å²) >= 11 is 5.96. The number of guanidine groups is 1. The first-order valence-electron chi connectivity index (χ1n) is 7.25. The molecule has 2 N–H and O–H groups in total. The second-order valence-corrected chi connectivity index (χ2v) is 5.13. The predicted octanol–water partition coefficient (Wildman–Crippen LogP) is 2.36. The number of nitrogens with one attached hydrogen (secondary N) is 2. The fourth-order valence-corrected chi connectivity index (χ4v) is 2.07. The van der Waals surface area contributed by atoms with E-state index in [1.807, 2.05) is 12.1 Å². The van der Waals surface area contributed by atoms with Crippen molar-refractivity contribution in [2.24, 2.45) is 4.99 Å². The zero-order chi connectivity index (χ0) is 16.5. The van der Waals surface area contributed by atoms with Crippen LogP contribution in [0.4, 0.5) is 0 Å². The minimum absolute atomic E-state index is 0. The molecule has 9 heteroatoms. The molecular weight excluding hydrogens is 445 g/mol. The minimum Gasteiger partial charge on any atom is -0.383 e. The standard InChI is InChI=1S/C15H20ClN5O2.HI/c1-17-15(19-8-9-22-2)18-7-6-13-20-14(21-23-13)11-4-3-5-12(16)10-11;/h3-5,10H,6-9H2,1-2H3,(H2,17,18,19);1H. The molecule has 24 heavy (non-hydrogen) atoms. The lowest BCUT2D eigenvalue weighted by Crippen LogP contribution is -2.39. The van der Waals surface area contributed by atoms with Crippen molar-refractivity contribution in [3.05, 3.63) is 35.2 Å². The summed E-state index contributed by atoms with van der Waals surface area (Å²) in [5, 5.41) is 10.9. The van der Waals surface area contributed by atoms with E-state index in [-0.39, 0.29) is 24.0 Å². The molecule has 0 atom stereocenters. The molecule has 0 fully saturated rings. The van der Waals surface area contributed by atoms with Crippen LogP contribution >= 0.6 is 35.6 Å². The van der Waals surface area contributed by atoms with Crippen molar-refractivity contribution in [2.45, 2.75) is 6.42 Å². The van der Waals surface area contributed by atoms with Gasteiger partial charge in [-0.2, -0.15) is 4.98 Å². The highest BCUT2D eigenvalue weighted by Crippen LogP contribution is 2.19. The first-order valence-corrected chi connectivity index (χ1v) is 7.62. The Morgan fingerprint density at radius 2 is 2.12 bits per heavy atom. The van der Waals surface area contributed by atoms with Crippen LogP contribution in [0.25, 0.3) is 11.4 Å². The first-order chi connectivity index (χ1) is 11.2. The molecule has 0 aliphatic rings. The highest BCUT2D eigenvalue weighted by Gasteiger charge is 2.09. The molecule has 0 amide bonds. The Labute approximate surface area is 163 Å². The van der Waals surface area contributed by atoms with Gasteiger partial charge in [0, 0.05) is 44.3 Å². The van der Waals surface area contributed by atoms with Gasteiger partial charge in [-0.3, -0.25) is 4.99 Å². The molecule has 0 unspecified atom stereocenters. The highest BCUT2D eigenvalue weighted by atomic mass is 127. The third-order valence-corrected chi connectivity index (χ3v) is 3.24. The summed E-state index contributed by atoms with van der Waals surface area (Å²) < 4.78 is 10.2. The van der Waals surface area contributed by atoms with Crippen LogP contribution in [0.15, 0.2) is 33.8 Å². The van der Waals surface area contributed by atoms with Crippen LogP contribution < -0.4 is 10.6 Å². The third-order valence-electron chi connectivity index (χ3n) is 3.00. The number of ether oxygens (including phenoxy) is 1. The number of methoxy groups -OCH3 is 1. The Morgan fingerprint density at radius 3 is 2.83 bits per heavy atom. The molecule has 1 aromatic heterocycles. The topological polar surface area (TPSA) is 84.6 Å². The molecule has 7 nitrogen and oxygen atoms in total. The lowest BCUT2D eigenvalue weighted by Gasteiger charge is -2.10. The molecule has 0 spiro atoms. The summed E-state index contributed by atoms with van der Waals surface area (Å²) in [6.45, 7) is 1.94. The number of benzene rings is 1. The first kappa shape index (κ1) is 20.7. The molecule has 0 radical (unpaired) electrons. The van der Waals surface area contributed by atoms with E-state index in [4.69, 9.17) is 20.9 Å². The number of nitrogens with zero attached hydrogens (tertiary/aromatic N) is 3. The van der Waals surface area contributed by atoms with E-state index in [0.29, 0.717) is 48.8 Å². The highest BCUT2D eigenvalue weighted by molar-refractivity contribution is 14.0. The number of hydrogen-bond acceptors (Lipinski definition) is 5. The fourth-order valence-electron chi connectivity index (χ4n) is 1.88. The number of aliphatic imine (C=N–C) groups is 1. The Morgan fingerprint density at radius 1 is 1.33 bits per heavy atom. The lowest BCUT2D eigenvalue weighted by molar-refractivity contribution is 0.203. The van der Waals surface area contributed by atoms with E-state index in [0.717, 1.165) is 5.56 Å². The molecule has 0 saturated heterocycles. The normalized spacial score (nSPS) is 11.0. The molecule has 0 aliphatic carbocycles. The van der Waals surface area contributed by atoms with Crippen molar-refractivity contribution >= 4 is 41.5 Å². The maximum Gasteiger partial charge on any atom is 0.228 e. The fraction of sp³-hybridized carbons (Fsp3) is 0.400. The van der Waals surface area contributed by atoms with Crippen molar-refractivity contribution in [1.29, 1.82) is 0 Å². The van der Waals surface area contributed by atoms with Gasteiger partial charge in [-0.15, -0.1) is 24.0 Å². The smallest absolute Gasteiger partial charge is 0.228 e. The Bertz CT molecular complexity index is 650. The van der Waals surface area contributed by atoms with E-state index in [2.05, 4.69) is 25.8 Å². The maximum absolute atomic E-state index is 5.96. The van der Waals surface area contributed by atoms with Gasteiger partial charge in [0.05, 0.1) is 6.61 Å². The SMILES string of the molecule is CN=C(NCCOC)NCCc1nc(-c2cccc(Cl)c2)no1.I. The zero-order valence-electron chi connectivity index (χ0n) is 13.6. The summed E-state index contributed by atoms with van der Waals surface area (Å²) in [5.41, 5.74) is 0.831. The van der Waals surface area contributed by atoms with Crippen LogP contribution in [-0.2, 0) is 11.2 Å². The van der Waals surface area contributed by atoms with Crippen molar-refractivity contribution < 1.29 is 9.26 Å². The van der Waals surface area contributed by atoms with Gasteiger partial charge in [-0.05, 0) is 12.1 Å². The van der Waals surface area contributed by atoms with Gasteiger partial charge in [0.25, 0.3) is 0 Å². The molecule has 1 aromatic carbocycles. The molecule has 0 aliphatic heterocycles. The minimum atomic E-state index is 0. The summed E-state index contributed by atoms with van der Waals surface area (Å²) in [4.78, 5) is 8.47. The number of aromatic nitrogens is 2. The third kappa shape index (κ3) is 6.62. The second kappa shape index (κ2) is 11.2. The Hall–Kier alpha value is -1.39. The van der Waals surface area contributed by atoms with Gasteiger partial charge < -0.3 is 19.9 Å². The van der Waals surface area contributed by atoms with Crippen LogP contribution in [0, 0.1) is 0 Å². The van der Waals surface area contributed by atoms with Crippen LogP contribution in [0.5, 0.6) is 0 Å². The van der Waals surface area contributed by atoms with E-state index < -0.39 is 0 Å². The molecule has 0 saturated carbocycles. The lowest BCUT2D eigenvalue weighted by atomic mass is 10.2. The quantitative estimate of drug-likeness (QED) is 0.283. The van der Waals surface area contributed by atoms with Crippen molar-refractivity contribution in [1.82, 2.24) is 20.8 Å². The maximum atomic E-state index is 5.96. The molecule has 2 rings (SSSR count). The number of hydrogen-bond donors (Lipinski definition) is 2. The molecule has 1 heterocycles. The molecular formula is C15H21ClIN5O2. The van der Waals surface area contributed by atoms with Crippen molar-refractivity contribution in [2.75, 3.05) is 33.9 Å². The van der Waals surface area contributed by atoms with Gasteiger partial charge >= 0.3 is 0 Å². The van der Waals surface area contributed by atoms with Crippen LogP contribution in [0.2, 0.25) is 5.02 Å².